The lowest BCUT2D eigenvalue weighted by molar-refractivity contribution is 0.0613. The molecule has 0 fully saturated rings. The molecule has 0 saturated heterocycles. The van der Waals surface area contributed by atoms with Crippen molar-refractivity contribution >= 4 is 45.9 Å². The summed E-state index contributed by atoms with van der Waals surface area (Å²) in [5.74, 6) is 0.834. The Labute approximate surface area is 200 Å². The molecule has 0 radical (unpaired) electrons. The van der Waals surface area contributed by atoms with Gasteiger partial charge in [-0.15, -0.1) is 11.6 Å². The summed E-state index contributed by atoms with van der Waals surface area (Å²) in [6, 6.07) is 3.76. The Morgan fingerprint density at radius 3 is 2.82 bits per heavy atom. The molecule has 1 unspecified atom stereocenters. The second-order valence-corrected chi connectivity index (χ2v) is 9.70. The SMILES string of the molecule is Cn1cc(C(=O)N2Cc3c(C4=Nc5ncccc5C4Cl)c4c(N)ncnc4n3C(C)(C)C2)cn1. The summed E-state index contributed by atoms with van der Waals surface area (Å²) in [7, 11) is 1.79. The summed E-state index contributed by atoms with van der Waals surface area (Å²) >= 11 is 6.91. The van der Waals surface area contributed by atoms with E-state index in [0.717, 1.165) is 16.8 Å². The fourth-order valence-electron chi connectivity index (χ4n) is 5.09. The zero-order valence-electron chi connectivity index (χ0n) is 18.9. The summed E-state index contributed by atoms with van der Waals surface area (Å²) in [6.07, 6.45) is 6.46. The smallest absolute Gasteiger partial charge is 0.257 e. The van der Waals surface area contributed by atoms with E-state index in [1.165, 1.54) is 6.33 Å². The molecule has 2 aliphatic rings. The zero-order valence-corrected chi connectivity index (χ0v) is 19.7. The van der Waals surface area contributed by atoms with Gasteiger partial charge < -0.3 is 15.2 Å². The molecule has 6 heterocycles. The molecule has 2 aliphatic heterocycles. The molecule has 1 amide bonds. The van der Waals surface area contributed by atoms with Crippen LogP contribution in [-0.4, -0.2) is 52.4 Å². The Hall–Kier alpha value is -3.79. The number of nitrogen functional groups attached to an aromatic ring is 1. The van der Waals surface area contributed by atoms with Crippen molar-refractivity contribution < 1.29 is 4.79 Å². The lowest BCUT2D eigenvalue weighted by atomic mass is 9.97. The molecule has 34 heavy (non-hydrogen) atoms. The van der Waals surface area contributed by atoms with Gasteiger partial charge in [-0.3, -0.25) is 9.48 Å². The third-order valence-corrected chi connectivity index (χ3v) is 6.89. The first-order valence-corrected chi connectivity index (χ1v) is 11.3. The second kappa shape index (κ2) is 7.10. The number of alkyl halides is 1. The summed E-state index contributed by atoms with van der Waals surface area (Å²) in [5.41, 5.74) is 10.3. The molecule has 0 spiro atoms. The number of carbonyl (C=O) groups is 1. The maximum absolute atomic E-state index is 13.4. The number of pyridine rings is 1. The number of fused-ring (bicyclic) bond motifs is 4. The van der Waals surface area contributed by atoms with Crippen molar-refractivity contribution in [1.82, 2.24) is 34.2 Å². The highest BCUT2D eigenvalue weighted by Gasteiger charge is 2.41. The molecule has 10 nitrogen and oxygen atoms in total. The molecule has 6 rings (SSSR count). The van der Waals surface area contributed by atoms with E-state index in [9.17, 15) is 4.79 Å². The van der Waals surface area contributed by atoms with Crippen LogP contribution >= 0.6 is 11.6 Å². The summed E-state index contributed by atoms with van der Waals surface area (Å²) in [4.78, 5) is 33.3. The zero-order chi connectivity index (χ0) is 23.8. The molecule has 4 aromatic rings. The first-order chi connectivity index (χ1) is 16.3. The Bertz CT molecular complexity index is 1520. The number of anilines is 1. The van der Waals surface area contributed by atoms with E-state index in [-0.39, 0.29) is 5.91 Å². The van der Waals surface area contributed by atoms with Gasteiger partial charge in [0.1, 0.15) is 23.2 Å². The summed E-state index contributed by atoms with van der Waals surface area (Å²) < 4.78 is 3.77. The third-order valence-electron chi connectivity index (χ3n) is 6.45. The topological polar surface area (TPSA) is 120 Å². The molecule has 0 aromatic carbocycles. The number of hydrogen-bond donors (Lipinski definition) is 1. The van der Waals surface area contributed by atoms with Crippen LogP contribution in [0.15, 0.2) is 42.0 Å². The molecule has 4 aromatic heterocycles. The van der Waals surface area contributed by atoms with Crippen molar-refractivity contribution in [1.29, 1.82) is 0 Å². The van der Waals surface area contributed by atoms with Crippen molar-refractivity contribution in [2.75, 3.05) is 12.3 Å². The number of nitrogens with zero attached hydrogens (tertiary/aromatic N) is 8. The van der Waals surface area contributed by atoms with E-state index in [1.807, 2.05) is 17.0 Å². The average Bonchev–Trinajstić information content (AvgIpc) is 3.47. The minimum absolute atomic E-state index is 0.0941. The van der Waals surface area contributed by atoms with E-state index in [2.05, 4.69) is 38.5 Å². The van der Waals surface area contributed by atoms with E-state index in [1.54, 1.807) is 30.3 Å². The van der Waals surface area contributed by atoms with Crippen molar-refractivity contribution in [2.24, 2.45) is 12.0 Å². The Morgan fingerprint density at radius 1 is 1.26 bits per heavy atom. The molecule has 2 N–H and O–H groups in total. The maximum Gasteiger partial charge on any atom is 0.257 e. The monoisotopic (exact) mass is 475 g/mol. The highest BCUT2D eigenvalue weighted by Crippen LogP contribution is 2.45. The molecule has 0 aliphatic carbocycles. The second-order valence-electron chi connectivity index (χ2n) is 9.27. The lowest BCUT2D eigenvalue weighted by Gasteiger charge is -2.41. The van der Waals surface area contributed by atoms with Crippen LogP contribution in [0.3, 0.4) is 0 Å². The minimum atomic E-state index is -0.508. The summed E-state index contributed by atoms with van der Waals surface area (Å²) in [5, 5.41) is 4.34. The number of nitrogens with two attached hydrogens (primary N) is 1. The first-order valence-electron chi connectivity index (χ1n) is 10.9. The van der Waals surface area contributed by atoms with Gasteiger partial charge in [-0.05, 0) is 19.9 Å². The third kappa shape index (κ3) is 2.88. The van der Waals surface area contributed by atoms with E-state index < -0.39 is 10.9 Å². The maximum atomic E-state index is 13.4. The number of amides is 1. The molecule has 0 saturated carbocycles. The molecular formula is C23H22ClN9O. The minimum Gasteiger partial charge on any atom is -0.383 e. The van der Waals surface area contributed by atoms with Crippen LogP contribution in [0.25, 0.3) is 11.0 Å². The van der Waals surface area contributed by atoms with Gasteiger partial charge >= 0.3 is 0 Å². The van der Waals surface area contributed by atoms with Gasteiger partial charge in [-0.25, -0.2) is 19.9 Å². The largest absolute Gasteiger partial charge is 0.383 e. The molecule has 0 bridgehead atoms. The number of hydrogen-bond acceptors (Lipinski definition) is 7. The number of aromatic nitrogens is 6. The number of halogens is 1. The molecular weight excluding hydrogens is 454 g/mol. The van der Waals surface area contributed by atoms with E-state index in [4.69, 9.17) is 22.3 Å². The van der Waals surface area contributed by atoms with Crippen LogP contribution < -0.4 is 5.73 Å². The van der Waals surface area contributed by atoms with Crippen molar-refractivity contribution in [3.8, 4) is 0 Å². The quantitative estimate of drug-likeness (QED) is 0.445. The van der Waals surface area contributed by atoms with Crippen LogP contribution in [0.5, 0.6) is 0 Å². The normalized spacial score (nSPS) is 18.6. The van der Waals surface area contributed by atoms with Gasteiger partial charge in [0.15, 0.2) is 5.82 Å². The highest BCUT2D eigenvalue weighted by atomic mass is 35.5. The van der Waals surface area contributed by atoms with Crippen LogP contribution in [0.4, 0.5) is 11.6 Å². The van der Waals surface area contributed by atoms with E-state index >= 15 is 0 Å². The van der Waals surface area contributed by atoms with Gasteiger partial charge in [0.2, 0.25) is 0 Å². The lowest BCUT2D eigenvalue weighted by Crippen LogP contribution is -2.49. The van der Waals surface area contributed by atoms with E-state index in [0.29, 0.717) is 47.0 Å². The van der Waals surface area contributed by atoms with Gasteiger partial charge in [-0.1, -0.05) is 6.07 Å². The van der Waals surface area contributed by atoms with Crippen molar-refractivity contribution in [3.63, 3.8) is 0 Å². The first kappa shape index (κ1) is 20.8. The number of carbonyl (C=O) groups excluding carboxylic acids is 1. The molecule has 1 atom stereocenters. The fourth-order valence-corrected chi connectivity index (χ4v) is 5.42. The van der Waals surface area contributed by atoms with Crippen LogP contribution in [0, 0.1) is 0 Å². The number of aliphatic imine (C=N–C) groups is 1. The van der Waals surface area contributed by atoms with Crippen molar-refractivity contribution in [3.05, 3.63) is 59.4 Å². The Kier molecular flexibility index (Phi) is 4.34. The molecule has 11 heteroatoms. The Balaban J connectivity index is 1.58. The standard InChI is InChI=1S/C23H22ClN9O/c1-23(2)10-32(22(34)12-7-29-31(3)8-12)9-14-15(16-19(25)27-11-28-21(16)33(14)23)18-17(24)13-5-4-6-26-20(13)30-18/h4-8,11,17H,9-10H2,1-3H3,(H2,25,27,28). The Morgan fingerprint density at radius 2 is 2.09 bits per heavy atom. The van der Waals surface area contributed by atoms with Gasteiger partial charge in [0, 0.05) is 42.8 Å². The predicted molar refractivity (Wildman–Crippen MR) is 128 cm³/mol. The summed E-state index contributed by atoms with van der Waals surface area (Å²) in [6.45, 7) is 4.98. The highest BCUT2D eigenvalue weighted by molar-refractivity contribution is 6.39. The van der Waals surface area contributed by atoms with Crippen molar-refractivity contribution in [2.45, 2.75) is 31.3 Å². The number of aryl methyl sites for hydroxylation is 1. The number of rotatable bonds is 2. The van der Waals surface area contributed by atoms with Gasteiger partial charge in [-0.2, -0.15) is 5.10 Å². The van der Waals surface area contributed by atoms with Gasteiger partial charge in [0.25, 0.3) is 5.91 Å². The predicted octanol–water partition coefficient (Wildman–Crippen LogP) is 2.95. The van der Waals surface area contributed by atoms with Crippen LogP contribution in [-0.2, 0) is 19.1 Å². The molecule has 172 valence electrons. The van der Waals surface area contributed by atoms with Crippen LogP contribution in [0.2, 0.25) is 0 Å². The average molecular weight is 476 g/mol. The van der Waals surface area contributed by atoms with Gasteiger partial charge in [0.05, 0.1) is 34.9 Å². The van der Waals surface area contributed by atoms with Crippen LogP contribution in [0.1, 0.15) is 46.4 Å². The fraction of sp³-hybridized carbons (Fsp3) is 0.304.